The van der Waals surface area contributed by atoms with Crippen LogP contribution in [0.25, 0.3) is 0 Å². The molecule has 2 nitrogen and oxygen atoms in total. The highest BCUT2D eigenvalue weighted by atomic mass is 35.5. The topological polar surface area (TPSA) is 35.2 Å². The molecular formula is C10H12ClNO. The second-order valence-electron chi connectivity index (χ2n) is 3.50. The second-order valence-corrected chi connectivity index (χ2v) is 3.93. The maximum absolute atomic E-state index is 6.02. The molecule has 0 fully saturated rings. The van der Waals surface area contributed by atoms with Crippen molar-refractivity contribution in [3.8, 4) is 5.75 Å². The van der Waals surface area contributed by atoms with E-state index in [1.807, 2.05) is 18.2 Å². The lowest BCUT2D eigenvalue weighted by molar-refractivity contribution is 0.207. The van der Waals surface area contributed by atoms with Gasteiger partial charge in [-0.2, -0.15) is 0 Å². The molecule has 0 bridgehead atoms. The molecule has 0 aromatic heterocycles. The van der Waals surface area contributed by atoms with Gasteiger partial charge in [-0.3, -0.25) is 0 Å². The highest BCUT2D eigenvalue weighted by Gasteiger charge is 2.24. The monoisotopic (exact) mass is 197 g/mol. The van der Waals surface area contributed by atoms with E-state index in [1.165, 1.54) is 0 Å². The van der Waals surface area contributed by atoms with Crippen LogP contribution in [0.2, 0.25) is 5.02 Å². The largest absolute Gasteiger partial charge is 0.493 e. The summed E-state index contributed by atoms with van der Waals surface area (Å²) in [5.41, 5.74) is 7.04. The van der Waals surface area contributed by atoms with Gasteiger partial charge in [0, 0.05) is 22.5 Å². The third-order valence-electron chi connectivity index (χ3n) is 2.45. The second kappa shape index (κ2) is 3.20. The fourth-order valence-electron chi connectivity index (χ4n) is 1.54. The normalized spacial score (nSPS) is 26.4. The number of hydrogen-bond donors (Lipinski definition) is 1. The van der Waals surface area contributed by atoms with E-state index in [4.69, 9.17) is 22.1 Å². The highest BCUT2D eigenvalue weighted by molar-refractivity contribution is 6.30. The van der Waals surface area contributed by atoms with E-state index in [9.17, 15) is 0 Å². The summed E-state index contributed by atoms with van der Waals surface area (Å²) in [6, 6.07) is 5.63. The van der Waals surface area contributed by atoms with Crippen molar-refractivity contribution in [2.24, 2.45) is 11.7 Å². The maximum Gasteiger partial charge on any atom is 0.124 e. The lowest BCUT2D eigenvalue weighted by Gasteiger charge is -2.28. The number of fused-ring (bicyclic) bond motifs is 1. The summed E-state index contributed by atoms with van der Waals surface area (Å²) in [5.74, 6) is 1.22. The van der Waals surface area contributed by atoms with E-state index in [2.05, 4.69) is 6.92 Å². The fourth-order valence-corrected chi connectivity index (χ4v) is 1.72. The van der Waals surface area contributed by atoms with Gasteiger partial charge in [0.15, 0.2) is 0 Å². The highest BCUT2D eigenvalue weighted by Crippen LogP contribution is 2.35. The Hall–Kier alpha value is -0.730. The van der Waals surface area contributed by atoms with E-state index in [-0.39, 0.29) is 6.04 Å². The quantitative estimate of drug-likeness (QED) is 0.693. The van der Waals surface area contributed by atoms with Crippen LogP contribution in [0.5, 0.6) is 5.75 Å². The first-order valence-corrected chi connectivity index (χ1v) is 4.74. The van der Waals surface area contributed by atoms with Crippen LogP contribution >= 0.6 is 11.6 Å². The molecule has 1 heterocycles. The summed E-state index contributed by atoms with van der Waals surface area (Å²) in [6.45, 7) is 2.77. The van der Waals surface area contributed by atoms with Crippen molar-refractivity contribution in [2.75, 3.05) is 6.61 Å². The Bertz CT molecular complexity index is 327. The molecule has 13 heavy (non-hydrogen) atoms. The van der Waals surface area contributed by atoms with Crippen LogP contribution in [0.4, 0.5) is 0 Å². The zero-order chi connectivity index (χ0) is 9.42. The average molecular weight is 198 g/mol. The van der Waals surface area contributed by atoms with Crippen LogP contribution in [0, 0.1) is 5.92 Å². The maximum atomic E-state index is 6.02. The van der Waals surface area contributed by atoms with E-state index >= 15 is 0 Å². The molecule has 1 aromatic carbocycles. The Labute approximate surface area is 82.6 Å². The Kier molecular flexibility index (Phi) is 2.18. The fraction of sp³-hybridized carbons (Fsp3) is 0.400. The zero-order valence-electron chi connectivity index (χ0n) is 7.46. The van der Waals surface area contributed by atoms with Crippen LogP contribution in [0.15, 0.2) is 18.2 Å². The van der Waals surface area contributed by atoms with Gasteiger partial charge in [0.05, 0.1) is 6.61 Å². The molecule has 2 atom stereocenters. The molecule has 2 N–H and O–H groups in total. The SMILES string of the molecule is CC1COc2ccc(Cl)cc2C1N. The summed E-state index contributed by atoms with van der Waals surface area (Å²) in [4.78, 5) is 0. The van der Waals surface area contributed by atoms with Crippen molar-refractivity contribution in [2.45, 2.75) is 13.0 Å². The van der Waals surface area contributed by atoms with E-state index in [1.54, 1.807) is 0 Å². The Morgan fingerprint density at radius 2 is 2.31 bits per heavy atom. The summed E-state index contributed by atoms with van der Waals surface area (Å²) >= 11 is 5.88. The minimum absolute atomic E-state index is 0.0439. The lowest BCUT2D eigenvalue weighted by Crippen LogP contribution is -2.29. The van der Waals surface area contributed by atoms with Gasteiger partial charge in [-0.1, -0.05) is 18.5 Å². The summed E-state index contributed by atoms with van der Waals surface area (Å²) < 4.78 is 5.52. The number of nitrogens with two attached hydrogens (primary N) is 1. The molecule has 1 aliphatic heterocycles. The number of hydrogen-bond acceptors (Lipinski definition) is 2. The lowest BCUT2D eigenvalue weighted by atomic mass is 9.93. The van der Waals surface area contributed by atoms with Crippen molar-refractivity contribution in [3.05, 3.63) is 28.8 Å². The predicted molar refractivity (Wildman–Crippen MR) is 53.0 cm³/mol. The molecule has 0 spiro atoms. The molecule has 1 aromatic rings. The van der Waals surface area contributed by atoms with E-state index in [0.717, 1.165) is 11.3 Å². The van der Waals surface area contributed by atoms with Crippen molar-refractivity contribution in [1.29, 1.82) is 0 Å². The van der Waals surface area contributed by atoms with Gasteiger partial charge in [-0.05, 0) is 18.2 Å². The summed E-state index contributed by atoms with van der Waals surface area (Å²) in [5, 5.41) is 0.715. The van der Waals surface area contributed by atoms with Crippen LogP contribution in [-0.2, 0) is 0 Å². The van der Waals surface area contributed by atoms with Crippen LogP contribution in [0.3, 0.4) is 0 Å². The number of rotatable bonds is 0. The van der Waals surface area contributed by atoms with Crippen LogP contribution in [0.1, 0.15) is 18.5 Å². The van der Waals surface area contributed by atoms with Gasteiger partial charge in [0.2, 0.25) is 0 Å². The first-order valence-electron chi connectivity index (χ1n) is 4.36. The first-order chi connectivity index (χ1) is 6.18. The van der Waals surface area contributed by atoms with Crippen molar-refractivity contribution in [1.82, 2.24) is 0 Å². The number of halogens is 1. The standard InChI is InChI=1S/C10H12ClNO/c1-6-5-13-9-3-2-7(11)4-8(9)10(6)12/h2-4,6,10H,5,12H2,1H3. The van der Waals surface area contributed by atoms with Gasteiger partial charge in [-0.15, -0.1) is 0 Å². The third-order valence-corrected chi connectivity index (χ3v) is 2.68. The Morgan fingerprint density at radius 3 is 3.08 bits per heavy atom. The molecule has 70 valence electrons. The zero-order valence-corrected chi connectivity index (χ0v) is 8.21. The molecule has 0 saturated heterocycles. The van der Waals surface area contributed by atoms with Gasteiger partial charge in [-0.25, -0.2) is 0 Å². The van der Waals surface area contributed by atoms with Crippen molar-refractivity contribution >= 4 is 11.6 Å². The molecule has 1 aliphatic rings. The van der Waals surface area contributed by atoms with Crippen molar-refractivity contribution in [3.63, 3.8) is 0 Å². The predicted octanol–water partition coefficient (Wildman–Crippen LogP) is 2.37. The van der Waals surface area contributed by atoms with Crippen LogP contribution < -0.4 is 10.5 Å². The van der Waals surface area contributed by atoms with Gasteiger partial charge < -0.3 is 10.5 Å². The molecule has 0 radical (unpaired) electrons. The molecule has 3 heteroatoms. The summed E-state index contributed by atoms with van der Waals surface area (Å²) in [7, 11) is 0. The van der Waals surface area contributed by atoms with Crippen molar-refractivity contribution < 1.29 is 4.74 Å². The number of ether oxygens (including phenoxy) is 1. The average Bonchev–Trinajstić information content (AvgIpc) is 2.12. The molecular weight excluding hydrogens is 186 g/mol. The molecule has 0 amide bonds. The Balaban J connectivity index is 2.45. The minimum Gasteiger partial charge on any atom is -0.493 e. The van der Waals surface area contributed by atoms with E-state index < -0.39 is 0 Å². The molecule has 2 unspecified atom stereocenters. The van der Waals surface area contributed by atoms with Gasteiger partial charge in [0.25, 0.3) is 0 Å². The molecule has 0 aliphatic carbocycles. The van der Waals surface area contributed by atoms with E-state index in [0.29, 0.717) is 17.5 Å². The third kappa shape index (κ3) is 1.52. The molecule has 2 rings (SSSR count). The minimum atomic E-state index is 0.0439. The van der Waals surface area contributed by atoms with Gasteiger partial charge in [0.1, 0.15) is 5.75 Å². The van der Waals surface area contributed by atoms with Crippen LogP contribution in [-0.4, -0.2) is 6.61 Å². The first kappa shape index (κ1) is 8.85. The number of benzene rings is 1. The summed E-state index contributed by atoms with van der Waals surface area (Å²) in [6.07, 6.45) is 0. The smallest absolute Gasteiger partial charge is 0.124 e. The Morgan fingerprint density at radius 1 is 1.54 bits per heavy atom. The molecule has 0 saturated carbocycles. The van der Waals surface area contributed by atoms with Gasteiger partial charge >= 0.3 is 0 Å².